The van der Waals surface area contributed by atoms with E-state index in [2.05, 4.69) is 27.8 Å². The van der Waals surface area contributed by atoms with E-state index in [0.29, 0.717) is 22.0 Å². The van der Waals surface area contributed by atoms with Crippen molar-refractivity contribution in [3.05, 3.63) is 70.2 Å². The fraction of sp³-hybridized carbons (Fsp3) is 0.118. The summed E-state index contributed by atoms with van der Waals surface area (Å²) in [5.74, 6) is -0.320. The van der Waals surface area contributed by atoms with Crippen LogP contribution in [0.5, 0.6) is 0 Å². The van der Waals surface area contributed by atoms with Crippen LogP contribution in [-0.2, 0) is 10.0 Å². The Hall–Kier alpha value is -1.83. The van der Waals surface area contributed by atoms with Gasteiger partial charge < -0.3 is 5.32 Å². The third-order valence-electron chi connectivity index (χ3n) is 3.29. The number of nitrogens with zero attached hydrogens (tertiary/aromatic N) is 1. The lowest BCUT2D eigenvalue weighted by molar-refractivity contribution is 0.102. The van der Waals surface area contributed by atoms with Gasteiger partial charge in [0.1, 0.15) is 0 Å². The Morgan fingerprint density at radius 3 is 2.44 bits per heavy atom. The quantitative estimate of drug-likeness (QED) is 0.677. The van der Waals surface area contributed by atoms with Crippen molar-refractivity contribution in [2.24, 2.45) is 0 Å². The van der Waals surface area contributed by atoms with Gasteiger partial charge in [0.15, 0.2) is 0 Å². The number of anilines is 2. The zero-order valence-electron chi connectivity index (χ0n) is 13.4. The Morgan fingerprint density at radius 2 is 1.92 bits per heavy atom. The first kappa shape index (κ1) is 19.5. The molecular weight excluding hydrogens is 428 g/mol. The highest BCUT2D eigenvalue weighted by Crippen LogP contribution is 2.26. The normalized spacial score (nSPS) is 11.0. The lowest BCUT2D eigenvalue weighted by Crippen LogP contribution is -2.29. The number of benzene rings is 2. The molecule has 0 radical (unpaired) electrons. The number of nitrogens with one attached hydrogen (secondary N) is 1. The number of rotatable bonds is 6. The zero-order chi connectivity index (χ0) is 18.6. The molecule has 0 aliphatic heterocycles. The van der Waals surface area contributed by atoms with Crippen LogP contribution in [0.1, 0.15) is 10.4 Å². The number of carbonyl (C=O) groups is 1. The van der Waals surface area contributed by atoms with Crippen molar-refractivity contribution in [3.63, 3.8) is 0 Å². The average molecular weight is 444 g/mol. The fourth-order valence-electron chi connectivity index (χ4n) is 2.11. The van der Waals surface area contributed by atoms with Gasteiger partial charge in [-0.3, -0.25) is 9.10 Å². The van der Waals surface area contributed by atoms with Gasteiger partial charge >= 0.3 is 0 Å². The maximum absolute atomic E-state index is 12.3. The van der Waals surface area contributed by atoms with E-state index < -0.39 is 10.0 Å². The van der Waals surface area contributed by atoms with Gasteiger partial charge in [-0.1, -0.05) is 17.7 Å². The molecular formula is C17H16BrClN2O3S. The maximum Gasteiger partial charge on any atom is 0.255 e. The molecule has 0 aliphatic carbocycles. The van der Waals surface area contributed by atoms with Crippen LogP contribution in [0.2, 0.25) is 5.02 Å². The molecule has 0 saturated heterocycles. The summed E-state index contributed by atoms with van der Waals surface area (Å²) in [4.78, 5) is 12.3. The van der Waals surface area contributed by atoms with Gasteiger partial charge in [0.25, 0.3) is 5.91 Å². The van der Waals surface area contributed by atoms with Crippen LogP contribution >= 0.6 is 27.5 Å². The first-order valence-corrected chi connectivity index (χ1v) is 10.2. The maximum atomic E-state index is 12.3. The van der Waals surface area contributed by atoms with E-state index in [4.69, 9.17) is 11.6 Å². The molecule has 1 N–H and O–H groups in total. The summed E-state index contributed by atoms with van der Waals surface area (Å²) >= 11 is 9.29. The van der Waals surface area contributed by atoms with E-state index in [0.717, 1.165) is 10.7 Å². The average Bonchev–Trinajstić information content (AvgIpc) is 2.55. The van der Waals surface area contributed by atoms with E-state index in [1.165, 1.54) is 10.4 Å². The molecule has 0 heterocycles. The SMILES string of the molecule is C=CCN(c1ccc(C(=O)Nc2ccc(Br)c(Cl)c2)cc1)S(C)(=O)=O. The first-order valence-electron chi connectivity index (χ1n) is 7.17. The summed E-state index contributed by atoms with van der Waals surface area (Å²) in [6.45, 7) is 3.72. The van der Waals surface area contributed by atoms with E-state index in [1.54, 1.807) is 42.5 Å². The van der Waals surface area contributed by atoms with Crippen molar-refractivity contribution < 1.29 is 13.2 Å². The molecule has 0 saturated carbocycles. The molecule has 0 unspecified atom stereocenters. The van der Waals surface area contributed by atoms with Crippen molar-refractivity contribution in [2.45, 2.75) is 0 Å². The third-order valence-corrected chi connectivity index (χ3v) is 5.68. The largest absolute Gasteiger partial charge is 0.322 e. The minimum atomic E-state index is -3.43. The lowest BCUT2D eigenvalue weighted by Gasteiger charge is -2.20. The molecule has 25 heavy (non-hydrogen) atoms. The first-order chi connectivity index (χ1) is 11.7. The third kappa shape index (κ3) is 5.07. The smallest absolute Gasteiger partial charge is 0.255 e. The molecule has 1 amide bonds. The van der Waals surface area contributed by atoms with Crippen molar-refractivity contribution in [3.8, 4) is 0 Å². The highest BCUT2D eigenvalue weighted by Gasteiger charge is 2.16. The van der Waals surface area contributed by atoms with Crippen LogP contribution in [0.15, 0.2) is 59.6 Å². The van der Waals surface area contributed by atoms with Crippen LogP contribution in [0.4, 0.5) is 11.4 Å². The molecule has 0 spiro atoms. The van der Waals surface area contributed by atoms with E-state index in [-0.39, 0.29) is 12.5 Å². The number of halogens is 2. The highest BCUT2D eigenvalue weighted by molar-refractivity contribution is 9.10. The summed E-state index contributed by atoms with van der Waals surface area (Å²) in [6, 6.07) is 11.4. The summed E-state index contributed by atoms with van der Waals surface area (Å²) in [6.07, 6.45) is 2.62. The molecule has 5 nitrogen and oxygen atoms in total. The second kappa shape index (κ2) is 8.03. The van der Waals surface area contributed by atoms with Crippen molar-refractivity contribution in [2.75, 3.05) is 22.4 Å². The van der Waals surface area contributed by atoms with Gasteiger partial charge in [0, 0.05) is 15.7 Å². The standard InChI is InChI=1S/C17H16BrClN2O3S/c1-3-10-21(25(2,23)24)14-7-4-12(5-8-14)17(22)20-13-6-9-15(18)16(19)11-13/h3-9,11H,1,10H2,2H3,(H,20,22). The van der Waals surface area contributed by atoms with Crippen molar-refractivity contribution >= 4 is 54.8 Å². The molecule has 8 heteroatoms. The molecule has 132 valence electrons. The number of sulfonamides is 1. The van der Waals surface area contributed by atoms with Crippen LogP contribution in [0.25, 0.3) is 0 Å². The van der Waals surface area contributed by atoms with Gasteiger partial charge in [0.2, 0.25) is 10.0 Å². The van der Waals surface area contributed by atoms with E-state index in [9.17, 15) is 13.2 Å². The predicted octanol–water partition coefficient (Wildman–Crippen LogP) is 4.31. The number of carbonyl (C=O) groups excluding carboxylic acids is 1. The van der Waals surface area contributed by atoms with Crippen molar-refractivity contribution in [1.82, 2.24) is 0 Å². The Morgan fingerprint density at radius 1 is 1.28 bits per heavy atom. The summed E-state index contributed by atoms with van der Waals surface area (Å²) in [5.41, 5.74) is 1.42. The zero-order valence-corrected chi connectivity index (χ0v) is 16.5. The van der Waals surface area contributed by atoms with Gasteiger partial charge in [-0.2, -0.15) is 0 Å². The Kier molecular flexibility index (Phi) is 6.26. The molecule has 2 rings (SSSR count). The summed E-state index contributed by atoms with van der Waals surface area (Å²) in [7, 11) is -3.43. The van der Waals surface area contributed by atoms with Crippen LogP contribution in [0.3, 0.4) is 0 Å². The molecule has 0 atom stereocenters. The Balaban J connectivity index is 2.19. The number of hydrogen-bond acceptors (Lipinski definition) is 3. The predicted molar refractivity (Wildman–Crippen MR) is 106 cm³/mol. The second-order valence-electron chi connectivity index (χ2n) is 5.21. The van der Waals surface area contributed by atoms with Gasteiger partial charge in [-0.05, 0) is 58.4 Å². The lowest BCUT2D eigenvalue weighted by atomic mass is 10.2. The fourth-order valence-corrected chi connectivity index (χ4v) is 3.41. The number of hydrogen-bond donors (Lipinski definition) is 1. The Bertz CT molecular complexity index is 899. The topological polar surface area (TPSA) is 66.5 Å². The molecule has 2 aromatic rings. The van der Waals surface area contributed by atoms with E-state index in [1.807, 2.05) is 0 Å². The van der Waals surface area contributed by atoms with Crippen molar-refractivity contribution in [1.29, 1.82) is 0 Å². The molecule has 0 bridgehead atoms. The van der Waals surface area contributed by atoms with E-state index >= 15 is 0 Å². The molecule has 0 fully saturated rings. The molecule has 2 aromatic carbocycles. The summed E-state index contributed by atoms with van der Waals surface area (Å²) in [5, 5.41) is 3.23. The van der Waals surface area contributed by atoms with Gasteiger partial charge in [-0.15, -0.1) is 6.58 Å². The van der Waals surface area contributed by atoms with Gasteiger partial charge in [-0.25, -0.2) is 8.42 Å². The highest BCUT2D eigenvalue weighted by atomic mass is 79.9. The van der Waals surface area contributed by atoms with Gasteiger partial charge in [0.05, 0.1) is 23.5 Å². The monoisotopic (exact) mass is 442 g/mol. The number of amides is 1. The molecule has 0 aliphatic rings. The van der Waals surface area contributed by atoms with Crippen LogP contribution in [0, 0.1) is 0 Å². The van der Waals surface area contributed by atoms with Crippen LogP contribution < -0.4 is 9.62 Å². The minimum Gasteiger partial charge on any atom is -0.322 e. The minimum absolute atomic E-state index is 0.155. The summed E-state index contributed by atoms with van der Waals surface area (Å²) < 4.78 is 25.6. The second-order valence-corrected chi connectivity index (χ2v) is 8.38. The molecule has 0 aromatic heterocycles. The Labute approximate surface area is 160 Å². The van der Waals surface area contributed by atoms with Crippen LogP contribution in [-0.4, -0.2) is 27.1 Å².